The number of carbonyl (C=O) groups excluding carboxylic acids is 1. The number of fused-ring (bicyclic) bond motifs is 1. The highest BCUT2D eigenvalue weighted by molar-refractivity contribution is 6.31. The standard InChI is InChI=1S/C21H21ClN2O/c1-13(2)20-12-17(16-9-5-7-11-19(16)24-20)21(25)23-14(3)15-8-4-6-10-18(15)22/h4-14H,1-3H3,(H,23,25). The lowest BCUT2D eigenvalue weighted by Crippen LogP contribution is -2.27. The van der Waals surface area contributed by atoms with Crippen LogP contribution in [0.5, 0.6) is 0 Å². The maximum atomic E-state index is 12.9. The van der Waals surface area contributed by atoms with Gasteiger partial charge in [-0.1, -0.05) is 61.8 Å². The summed E-state index contributed by atoms with van der Waals surface area (Å²) in [5.74, 6) is 0.130. The molecule has 3 rings (SSSR count). The first-order chi connectivity index (χ1) is 12.0. The Balaban J connectivity index is 1.98. The topological polar surface area (TPSA) is 42.0 Å². The van der Waals surface area contributed by atoms with E-state index in [9.17, 15) is 4.79 Å². The van der Waals surface area contributed by atoms with E-state index in [0.29, 0.717) is 10.6 Å². The minimum absolute atomic E-state index is 0.118. The van der Waals surface area contributed by atoms with E-state index in [-0.39, 0.29) is 17.9 Å². The molecule has 0 aliphatic carbocycles. The van der Waals surface area contributed by atoms with Crippen LogP contribution in [0.3, 0.4) is 0 Å². The predicted molar refractivity (Wildman–Crippen MR) is 103 cm³/mol. The zero-order valence-corrected chi connectivity index (χ0v) is 15.3. The molecule has 1 unspecified atom stereocenters. The molecular weight excluding hydrogens is 332 g/mol. The van der Waals surface area contributed by atoms with Crippen LogP contribution in [0, 0.1) is 0 Å². The van der Waals surface area contributed by atoms with Crippen LogP contribution < -0.4 is 5.32 Å². The number of carbonyl (C=O) groups is 1. The smallest absolute Gasteiger partial charge is 0.252 e. The van der Waals surface area contributed by atoms with Gasteiger partial charge in [-0.25, -0.2) is 0 Å². The fourth-order valence-electron chi connectivity index (χ4n) is 2.86. The number of rotatable bonds is 4. The molecule has 0 saturated carbocycles. The Morgan fingerprint density at radius 1 is 1.04 bits per heavy atom. The molecule has 2 aromatic carbocycles. The molecule has 1 atom stereocenters. The molecule has 0 radical (unpaired) electrons. The van der Waals surface area contributed by atoms with Crippen molar-refractivity contribution in [1.29, 1.82) is 0 Å². The second-order valence-electron chi connectivity index (χ2n) is 6.48. The number of pyridine rings is 1. The van der Waals surface area contributed by atoms with Crippen molar-refractivity contribution in [3.8, 4) is 0 Å². The summed E-state index contributed by atoms with van der Waals surface area (Å²) in [6.07, 6.45) is 0. The van der Waals surface area contributed by atoms with E-state index >= 15 is 0 Å². The van der Waals surface area contributed by atoms with Gasteiger partial charge in [0.2, 0.25) is 0 Å². The quantitative estimate of drug-likeness (QED) is 0.673. The molecule has 0 aliphatic heterocycles. The van der Waals surface area contributed by atoms with E-state index in [1.54, 1.807) is 0 Å². The zero-order valence-electron chi connectivity index (χ0n) is 14.6. The van der Waals surface area contributed by atoms with E-state index in [1.165, 1.54) is 0 Å². The summed E-state index contributed by atoms with van der Waals surface area (Å²) in [6.45, 7) is 6.09. The van der Waals surface area contributed by atoms with Crippen molar-refractivity contribution in [3.63, 3.8) is 0 Å². The van der Waals surface area contributed by atoms with Gasteiger partial charge in [-0.3, -0.25) is 9.78 Å². The highest BCUT2D eigenvalue weighted by Gasteiger charge is 2.17. The first-order valence-electron chi connectivity index (χ1n) is 8.42. The number of hydrogen-bond donors (Lipinski definition) is 1. The van der Waals surface area contributed by atoms with Gasteiger partial charge in [-0.15, -0.1) is 0 Å². The average Bonchev–Trinajstić information content (AvgIpc) is 2.60. The molecular formula is C21H21ClN2O. The van der Waals surface area contributed by atoms with Crippen molar-refractivity contribution in [2.45, 2.75) is 32.7 Å². The maximum Gasteiger partial charge on any atom is 0.252 e. The van der Waals surface area contributed by atoms with Crippen molar-refractivity contribution in [2.75, 3.05) is 0 Å². The highest BCUT2D eigenvalue weighted by Crippen LogP contribution is 2.25. The minimum Gasteiger partial charge on any atom is -0.345 e. The van der Waals surface area contributed by atoms with Gasteiger partial charge < -0.3 is 5.32 Å². The Hall–Kier alpha value is -2.39. The predicted octanol–water partition coefficient (Wildman–Crippen LogP) is 5.50. The third kappa shape index (κ3) is 3.67. The van der Waals surface area contributed by atoms with Gasteiger partial charge in [0.05, 0.1) is 17.1 Å². The lowest BCUT2D eigenvalue weighted by atomic mass is 10.0. The van der Waals surface area contributed by atoms with Gasteiger partial charge in [0.15, 0.2) is 0 Å². The van der Waals surface area contributed by atoms with Crippen LogP contribution in [0.1, 0.15) is 54.3 Å². The highest BCUT2D eigenvalue weighted by atomic mass is 35.5. The average molecular weight is 353 g/mol. The van der Waals surface area contributed by atoms with Gasteiger partial charge >= 0.3 is 0 Å². The van der Waals surface area contributed by atoms with E-state index in [1.807, 2.05) is 61.5 Å². The molecule has 0 fully saturated rings. The number of halogens is 1. The summed E-state index contributed by atoms with van der Waals surface area (Å²) in [6, 6.07) is 17.0. The Kier molecular flexibility index (Phi) is 5.05. The number of aromatic nitrogens is 1. The summed E-state index contributed by atoms with van der Waals surface area (Å²) in [5, 5.41) is 4.57. The van der Waals surface area contributed by atoms with Crippen molar-refractivity contribution < 1.29 is 4.79 Å². The first-order valence-corrected chi connectivity index (χ1v) is 8.80. The molecule has 25 heavy (non-hydrogen) atoms. The summed E-state index contributed by atoms with van der Waals surface area (Å²) < 4.78 is 0. The molecule has 0 saturated heterocycles. The van der Waals surface area contributed by atoms with E-state index in [0.717, 1.165) is 22.2 Å². The fraction of sp³-hybridized carbons (Fsp3) is 0.238. The van der Waals surface area contributed by atoms with Gasteiger partial charge in [0.1, 0.15) is 0 Å². The second-order valence-corrected chi connectivity index (χ2v) is 6.89. The Labute approximate surface area is 153 Å². The zero-order chi connectivity index (χ0) is 18.0. The Bertz CT molecular complexity index is 921. The summed E-state index contributed by atoms with van der Waals surface area (Å²) in [5.41, 5.74) is 3.30. The second kappa shape index (κ2) is 7.24. The molecule has 1 aromatic heterocycles. The Morgan fingerprint density at radius 2 is 1.72 bits per heavy atom. The third-order valence-electron chi connectivity index (χ3n) is 4.29. The third-order valence-corrected chi connectivity index (χ3v) is 4.64. The minimum atomic E-state index is -0.185. The van der Waals surface area contributed by atoms with Gasteiger partial charge in [0.25, 0.3) is 5.91 Å². The maximum absolute atomic E-state index is 12.9. The van der Waals surface area contributed by atoms with Crippen molar-refractivity contribution in [3.05, 3.63) is 76.4 Å². The Morgan fingerprint density at radius 3 is 2.44 bits per heavy atom. The van der Waals surface area contributed by atoms with Crippen LogP contribution in [-0.4, -0.2) is 10.9 Å². The molecule has 128 valence electrons. The molecule has 1 N–H and O–H groups in total. The SMILES string of the molecule is CC(C)c1cc(C(=O)NC(C)c2ccccc2Cl)c2ccccc2n1. The number of nitrogens with one attached hydrogen (secondary N) is 1. The normalized spacial score (nSPS) is 12.4. The van der Waals surface area contributed by atoms with Gasteiger partial charge in [-0.2, -0.15) is 0 Å². The van der Waals surface area contributed by atoms with Crippen molar-refractivity contribution in [2.24, 2.45) is 0 Å². The van der Waals surface area contributed by atoms with E-state index < -0.39 is 0 Å². The largest absolute Gasteiger partial charge is 0.345 e. The van der Waals surface area contributed by atoms with Gasteiger partial charge in [0, 0.05) is 16.1 Å². The summed E-state index contributed by atoms with van der Waals surface area (Å²) in [7, 11) is 0. The van der Waals surface area contributed by atoms with E-state index in [4.69, 9.17) is 11.6 Å². The molecule has 0 spiro atoms. The van der Waals surface area contributed by atoms with Crippen LogP contribution in [0.15, 0.2) is 54.6 Å². The molecule has 0 aliphatic rings. The molecule has 0 bridgehead atoms. The van der Waals surface area contributed by atoms with E-state index in [2.05, 4.69) is 24.1 Å². The fourth-order valence-corrected chi connectivity index (χ4v) is 3.16. The number of nitrogens with zero attached hydrogens (tertiary/aromatic N) is 1. The van der Waals surface area contributed by atoms with Crippen LogP contribution >= 0.6 is 11.6 Å². The van der Waals surface area contributed by atoms with Gasteiger partial charge in [-0.05, 0) is 36.6 Å². The van der Waals surface area contributed by atoms with Crippen molar-refractivity contribution >= 4 is 28.4 Å². The molecule has 4 heteroatoms. The van der Waals surface area contributed by atoms with Crippen molar-refractivity contribution in [1.82, 2.24) is 10.3 Å². The molecule has 3 nitrogen and oxygen atoms in total. The van der Waals surface area contributed by atoms with Crippen LogP contribution in [-0.2, 0) is 0 Å². The lowest BCUT2D eigenvalue weighted by Gasteiger charge is -2.17. The number of hydrogen-bond acceptors (Lipinski definition) is 2. The lowest BCUT2D eigenvalue weighted by molar-refractivity contribution is 0.0941. The van der Waals surface area contributed by atoms with Crippen LogP contribution in [0.4, 0.5) is 0 Å². The molecule has 1 amide bonds. The summed E-state index contributed by atoms with van der Waals surface area (Å²) >= 11 is 6.25. The molecule has 3 aromatic rings. The summed E-state index contributed by atoms with van der Waals surface area (Å²) in [4.78, 5) is 17.6. The number of para-hydroxylation sites is 1. The number of amides is 1. The first kappa shape index (κ1) is 17.4. The van der Waals surface area contributed by atoms with Crippen LogP contribution in [0.2, 0.25) is 5.02 Å². The van der Waals surface area contributed by atoms with Crippen LogP contribution in [0.25, 0.3) is 10.9 Å². The molecule has 1 heterocycles. The number of benzene rings is 2. The monoisotopic (exact) mass is 352 g/mol.